The monoisotopic (exact) mass is 379 g/mol. The molecule has 2 aromatic heterocycles. The van der Waals surface area contributed by atoms with Crippen LogP contribution in [-0.2, 0) is 4.79 Å². The standard InChI is InChI=1S/C20H17N3OS2/c1-3-17(24)22-20-18(14-7-5-4-6-8-14)23-19(26-20)15(12-21)11-16-13(2)9-10-25-16/h4-11H,3H2,1-2H3,(H,22,24). The minimum atomic E-state index is -0.0750. The van der Waals surface area contributed by atoms with Crippen molar-refractivity contribution in [1.82, 2.24) is 4.98 Å². The molecule has 4 nitrogen and oxygen atoms in total. The molecule has 0 atom stereocenters. The summed E-state index contributed by atoms with van der Waals surface area (Å²) in [6.45, 7) is 3.82. The molecule has 130 valence electrons. The van der Waals surface area contributed by atoms with Crippen LogP contribution in [0.2, 0.25) is 0 Å². The molecule has 3 rings (SSSR count). The van der Waals surface area contributed by atoms with Crippen LogP contribution in [0.4, 0.5) is 5.00 Å². The van der Waals surface area contributed by atoms with Gasteiger partial charge in [0.05, 0.1) is 5.57 Å². The van der Waals surface area contributed by atoms with Gasteiger partial charge in [0.15, 0.2) is 0 Å². The van der Waals surface area contributed by atoms with Crippen LogP contribution in [-0.4, -0.2) is 10.9 Å². The Kier molecular flexibility index (Phi) is 5.61. The molecule has 1 amide bonds. The molecule has 0 fully saturated rings. The van der Waals surface area contributed by atoms with Gasteiger partial charge < -0.3 is 5.32 Å². The zero-order valence-corrected chi connectivity index (χ0v) is 16.1. The zero-order valence-electron chi connectivity index (χ0n) is 14.4. The van der Waals surface area contributed by atoms with Crippen molar-refractivity contribution >= 4 is 45.2 Å². The molecule has 0 radical (unpaired) electrons. The minimum Gasteiger partial charge on any atom is -0.316 e. The average molecular weight is 380 g/mol. The van der Waals surface area contributed by atoms with Crippen LogP contribution in [0.1, 0.15) is 28.8 Å². The molecule has 0 aliphatic heterocycles. The number of nitrogens with zero attached hydrogens (tertiary/aromatic N) is 2. The van der Waals surface area contributed by atoms with Crippen molar-refractivity contribution < 1.29 is 4.79 Å². The summed E-state index contributed by atoms with van der Waals surface area (Å²) in [5.41, 5.74) is 3.22. The molecule has 0 aliphatic rings. The Morgan fingerprint density at radius 2 is 2.08 bits per heavy atom. The summed E-state index contributed by atoms with van der Waals surface area (Å²) in [6, 6.07) is 13.9. The van der Waals surface area contributed by atoms with Gasteiger partial charge in [-0.1, -0.05) is 48.6 Å². The number of hydrogen-bond acceptors (Lipinski definition) is 5. The van der Waals surface area contributed by atoms with Crippen LogP contribution in [0.5, 0.6) is 0 Å². The van der Waals surface area contributed by atoms with Crippen molar-refractivity contribution in [3.63, 3.8) is 0 Å². The van der Waals surface area contributed by atoms with Gasteiger partial charge in [-0.15, -0.1) is 11.3 Å². The van der Waals surface area contributed by atoms with Crippen LogP contribution >= 0.6 is 22.7 Å². The second-order valence-electron chi connectivity index (χ2n) is 5.60. The van der Waals surface area contributed by atoms with Gasteiger partial charge in [-0.3, -0.25) is 4.79 Å². The third kappa shape index (κ3) is 3.90. The second-order valence-corrected chi connectivity index (χ2v) is 7.55. The van der Waals surface area contributed by atoms with Crippen molar-refractivity contribution in [2.75, 3.05) is 5.32 Å². The lowest BCUT2D eigenvalue weighted by Gasteiger charge is -2.03. The average Bonchev–Trinajstić information content (AvgIpc) is 3.26. The summed E-state index contributed by atoms with van der Waals surface area (Å²) in [4.78, 5) is 17.6. The lowest BCUT2D eigenvalue weighted by atomic mass is 10.1. The molecule has 0 bridgehead atoms. The Labute approximate surface area is 160 Å². The summed E-state index contributed by atoms with van der Waals surface area (Å²) >= 11 is 2.92. The molecule has 0 unspecified atom stereocenters. The van der Waals surface area contributed by atoms with E-state index in [4.69, 9.17) is 0 Å². The fourth-order valence-electron chi connectivity index (χ4n) is 2.33. The fraction of sp³-hybridized carbons (Fsp3) is 0.150. The van der Waals surface area contributed by atoms with Crippen molar-refractivity contribution in [2.45, 2.75) is 20.3 Å². The third-order valence-corrected chi connectivity index (χ3v) is 5.75. The quantitative estimate of drug-likeness (QED) is 0.587. The van der Waals surface area contributed by atoms with Gasteiger partial charge in [0.2, 0.25) is 5.91 Å². The number of thiazole rings is 1. The number of aryl methyl sites for hydroxylation is 1. The molecule has 0 saturated carbocycles. The Morgan fingerprint density at radius 1 is 1.31 bits per heavy atom. The Bertz CT molecular complexity index is 994. The van der Waals surface area contributed by atoms with Gasteiger partial charge >= 0.3 is 0 Å². The SMILES string of the molecule is CCC(=O)Nc1sc(C(C#N)=Cc2sccc2C)nc1-c1ccccc1. The number of aromatic nitrogens is 1. The third-order valence-electron chi connectivity index (χ3n) is 3.78. The van der Waals surface area contributed by atoms with E-state index < -0.39 is 0 Å². The summed E-state index contributed by atoms with van der Waals surface area (Å²) in [6.07, 6.45) is 2.25. The normalized spacial score (nSPS) is 11.2. The van der Waals surface area contributed by atoms with Crippen LogP contribution < -0.4 is 5.32 Å². The van der Waals surface area contributed by atoms with Crippen molar-refractivity contribution in [1.29, 1.82) is 5.26 Å². The van der Waals surface area contributed by atoms with E-state index in [-0.39, 0.29) is 5.91 Å². The number of nitrogens with one attached hydrogen (secondary N) is 1. The van der Waals surface area contributed by atoms with E-state index in [0.29, 0.717) is 27.7 Å². The van der Waals surface area contributed by atoms with Crippen molar-refractivity contribution in [3.05, 3.63) is 57.2 Å². The molecular weight excluding hydrogens is 362 g/mol. The van der Waals surface area contributed by atoms with Crippen LogP contribution in [0.25, 0.3) is 22.9 Å². The van der Waals surface area contributed by atoms with E-state index in [1.807, 2.05) is 54.8 Å². The number of anilines is 1. The number of thiophene rings is 1. The summed E-state index contributed by atoms with van der Waals surface area (Å²) in [5, 5.41) is 15.8. The first-order valence-electron chi connectivity index (χ1n) is 8.14. The number of benzene rings is 1. The highest BCUT2D eigenvalue weighted by Gasteiger charge is 2.17. The van der Waals surface area contributed by atoms with Gasteiger partial charge in [0, 0.05) is 16.9 Å². The van der Waals surface area contributed by atoms with Gasteiger partial charge in [-0.2, -0.15) is 5.26 Å². The number of nitriles is 1. The predicted molar refractivity (Wildman–Crippen MR) is 109 cm³/mol. The first-order valence-corrected chi connectivity index (χ1v) is 9.84. The molecule has 0 saturated heterocycles. The van der Waals surface area contributed by atoms with E-state index in [1.54, 1.807) is 18.3 Å². The molecule has 0 aliphatic carbocycles. The van der Waals surface area contributed by atoms with Gasteiger partial charge in [-0.05, 0) is 30.0 Å². The number of rotatable bonds is 5. The maximum atomic E-state index is 11.9. The smallest absolute Gasteiger partial charge is 0.224 e. The Hall–Kier alpha value is -2.75. The number of hydrogen-bond donors (Lipinski definition) is 1. The number of carbonyl (C=O) groups excluding carboxylic acids is 1. The molecule has 1 aromatic carbocycles. The topological polar surface area (TPSA) is 65.8 Å². The highest BCUT2D eigenvalue weighted by Crippen LogP contribution is 2.37. The van der Waals surface area contributed by atoms with Crippen molar-refractivity contribution in [2.24, 2.45) is 0 Å². The molecule has 0 spiro atoms. The Morgan fingerprint density at radius 3 is 2.69 bits per heavy atom. The number of allylic oxidation sites excluding steroid dienone is 1. The van der Waals surface area contributed by atoms with Gasteiger partial charge in [0.25, 0.3) is 0 Å². The first-order chi connectivity index (χ1) is 12.6. The summed E-state index contributed by atoms with van der Waals surface area (Å²) in [5.74, 6) is -0.0750. The molecule has 3 aromatic rings. The molecular formula is C20H17N3OS2. The van der Waals surface area contributed by atoms with E-state index in [1.165, 1.54) is 11.3 Å². The van der Waals surface area contributed by atoms with E-state index in [0.717, 1.165) is 16.0 Å². The molecule has 2 heterocycles. The summed E-state index contributed by atoms with van der Waals surface area (Å²) < 4.78 is 0. The molecule has 6 heteroatoms. The van der Waals surface area contributed by atoms with Crippen LogP contribution in [0.3, 0.4) is 0 Å². The lowest BCUT2D eigenvalue weighted by molar-refractivity contribution is -0.115. The van der Waals surface area contributed by atoms with Crippen LogP contribution in [0.15, 0.2) is 41.8 Å². The maximum absolute atomic E-state index is 11.9. The minimum absolute atomic E-state index is 0.0750. The van der Waals surface area contributed by atoms with E-state index >= 15 is 0 Å². The molecule has 26 heavy (non-hydrogen) atoms. The number of carbonyl (C=O) groups is 1. The highest BCUT2D eigenvalue weighted by atomic mass is 32.1. The van der Waals surface area contributed by atoms with Crippen LogP contribution in [0, 0.1) is 18.3 Å². The lowest BCUT2D eigenvalue weighted by Crippen LogP contribution is -2.08. The zero-order chi connectivity index (χ0) is 18.5. The van der Waals surface area contributed by atoms with Gasteiger partial charge in [-0.25, -0.2) is 4.98 Å². The largest absolute Gasteiger partial charge is 0.316 e. The highest BCUT2D eigenvalue weighted by molar-refractivity contribution is 7.17. The van der Waals surface area contributed by atoms with Gasteiger partial charge in [0.1, 0.15) is 21.8 Å². The predicted octanol–water partition coefficient (Wildman–Crippen LogP) is 5.59. The fourth-order valence-corrected chi connectivity index (χ4v) is 4.16. The van der Waals surface area contributed by atoms with Crippen molar-refractivity contribution in [3.8, 4) is 17.3 Å². The Balaban J connectivity index is 2.08. The summed E-state index contributed by atoms with van der Waals surface area (Å²) in [7, 11) is 0. The first kappa shape index (κ1) is 18.1. The molecule has 1 N–H and O–H groups in total. The maximum Gasteiger partial charge on any atom is 0.224 e. The van der Waals surface area contributed by atoms with E-state index in [9.17, 15) is 10.1 Å². The second kappa shape index (κ2) is 8.09. The van der Waals surface area contributed by atoms with E-state index in [2.05, 4.69) is 16.4 Å². The number of amides is 1.